The van der Waals surface area contributed by atoms with Gasteiger partial charge in [0, 0.05) is 17.9 Å². The third-order valence-corrected chi connectivity index (χ3v) is 9.71. The first-order chi connectivity index (χ1) is 24.7. The molecule has 4 heteroatoms. The molecule has 1 spiro atoms. The zero-order valence-corrected chi connectivity index (χ0v) is 27.8. The highest BCUT2D eigenvalue weighted by Gasteiger charge is 2.50. The molecule has 4 N–H and O–H groups in total. The van der Waals surface area contributed by atoms with Crippen molar-refractivity contribution in [2.45, 2.75) is 12.0 Å². The van der Waals surface area contributed by atoms with Crippen LogP contribution in [0.5, 0.6) is 0 Å². The lowest BCUT2D eigenvalue weighted by Gasteiger charge is -2.45. The average Bonchev–Trinajstić information content (AvgIpc) is 3.50. The molecule has 2 aliphatic rings. The predicted molar refractivity (Wildman–Crippen MR) is 209 cm³/mol. The highest BCUT2D eigenvalue weighted by atomic mass is 15.2. The zero-order chi connectivity index (χ0) is 33.9. The average molecular weight is 647 g/mol. The van der Waals surface area contributed by atoms with Crippen LogP contribution in [0, 0.1) is 0 Å². The van der Waals surface area contributed by atoms with Crippen LogP contribution in [0.25, 0.3) is 11.8 Å². The van der Waals surface area contributed by atoms with Gasteiger partial charge in [-0.1, -0.05) is 146 Å². The molecule has 0 saturated heterocycles. The van der Waals surface area contributed by atoms with Crippen LogP contribution < -0.4 is 16.4 Å². The molecule has 8 rings (SSSR count). The van der Waals surface area contributed by atoms with Gasteiger partial charge in [0.2, 0.25) is 0 Å². The molecule has 6 aromatic rings. The second-order valence-electron chi connectivity index (χ2n) is 12.6. The van der Waals surface area contributed by atoms with Gasteiger partial charge in [0.15, 0.2) is 0 Å². The summed E-state index contributed by atoms with van der Waals surface area (Å²) in [4.78, 5) is 7.59. The van der Waals surface area contributed by atoms with Crippen LogP contribution in [0.3, 0.4) is 0 Å². The smallest absolute Gasteiger partial charge is 0.0748 e. The Kier molecular flexibility index (Phi) is 8.29. The van der Waals surface area contributed by atoms with Crippen molar-refractivity contribution in [3.8, 4) is 0 Å². The van der Waals surface area contributed by atoms with Crippen molar-refractivity contribution < 1.29 is 0 Å². The maximum atomic E-state index is 6.62. The van der Waals surface area contributed by atoms with E-state index in [1.807, 2.05) is 54.6 Å². The van der Waals surface area contributed by atoms with E-state index in [9.17, 15) is 0 Å². The van der Waals surface area contributed by atoms with E-state index >= 15 is 0 Å². The van der Waals surface area contributed by atoms with E-state index in [0.29, 0.717) is 18.8 Å². The van der Waals surface area contributed by atoms with Crippen LogP contribution in [0.4, 0.5) is 17.1 Å². The van der Waals surface area contributed by atoms with Gasteiger partial charge in [-0.2, -0.15) is 0 Å². The number of rotatable bonds is 8. The molecule has 0 radical (unpaired) electrons. The van der Waals surface area contributed by atoms with E-state index in [2.05, 4.69) is 132 Å². The Labute approximate surface area is 294 Å². The SMILES string of the molecule is NC/C=C\C1=Cc2ccc(CN=C(/C=C(\N)c3ccccc3)c3ccccc3)cc2C12c1ccccc1N(c1ccccc1)c1ccccc12. The van der Waals surface area contributed by atoms with E-state index in [-0.39, 0.29) is 0 Å². The van der Waals surface area contributed by atoms with Crippen molar-refractivity contribution in [3.05, 3.63) is 220 Å². The standard InChI is InChI=1S/C46H38N4/c47-28-14-19-37-30-36-27-26-33(32-49-43(35-17-6-2-7-18-35)31-42(48)34-15-4-1-5-16-34)29-41(36)46(37)39-22-10-12-24-44(39)50(38-20-8-3-9-21-38)45-25-13-11-23-40(45)46/h1-27,29-31H,28,32,47-48H2/b19-14-,42-31-,49-43?. The normalized spacial score (nSPS) is 14.7. The summed E-state index contributed by atoms with van der Waals surface area (Å²) >= 11 is 0. The Morgan fingerprint density at radius 1 is 0.640 bits per heavy atom. The Morgan fingerprint density at radius 3 is 1.86 bits per heavy atom. The van der Waals surface area contributed by atoms with Crippen molar-refractivity contribution in [2.75, 3.05) is 11.4 Å². The molecule has 1 aliphatic heterocycles. The molecule has 1 heterocycles. The fraction of sp³-hybridized carbons (Fsp3) is 0.0652. The Morgan fingerprint density at radius 2 is 1.22 bits per heavy atom. The van der Waals surface area contributed by atoms with Crippen molar-refractivity contribution in [1.82, 2.24) is 0 Å². The first-order valence-corrected chi connectivity index (χ1v) is 17.1. The van der Waals surface area contributed by atoms with Gasteiger partial charge in [-0.15, -0.1) is 0 Å². The molecule has 0 bridgehead atoms. The lowest BCUT2D eigenvalue weighted by molar-refractivity contribution is 0.744. The number of anilines is 3. The van der Waals surface area contributed by atoms with Gasteiger partial charge in [0.25, 0.3) is 0 Å². The minimum Gasteiger partial charge on any atom is -0.398 e. The Balaban J connectivity index is 1.29. The third kappa shape index (κ3) is 5.36. The number of hydrogen-bond donors (Lipinski definition) is 2. The maximum Gasteiger partial charge on any atom is 0.0748 e. The van der Waals surface area contributed by atoms with Crippen LogP contribution in [-0.2, 0) is 12.0 Å². The zero-order valence-electron chi connectivity index (χ0n) is 27.8. The highest BCUT2D eigenvalue weighted by Crippen LogP contribution is 2.61. The summed E-state index contributed by atoms with van der Waals surface area (Å²) in [5.41, 5.74) is 26.4. The number of aliphatic imine (C=N–C) groups is 1. The van der Waals surface area contributed by atoms with Gasteiger partial charge in [0.1, 0.15) is 0 Å². The first kappa shape index (κ1) is 31.1. The van der Waals surface area contributed by atoms with E-state index in [1.165, 1.54) is 27.8 Å². The summed E-state index contributed by atoms with van der Waals surface area (Å²) in [6.45, 7) is 0.963. The molecule has 0 atom stereocenters. The molecule has 242 valence electrons. The van der Waals surface area contributed by atoms with E-state index < -0.39 is 5.41 Å². The second-order valence-corrected chi connectivity index (χ2v) is 12.6. The summed E-state index contributed by atoms with van der Waals surface area (Å²) in [7, 11) is 0. The largest absolute Gasteiger partial charge is 0.398 e. The van der Waals surface area contributed by atoms with Gasteiger partial charge in [-0.25, -0.2) is 0 Å². The fourth-order valence-corrected chi connectivity index (χ4v) is 7.52. The predicted octanol–water partition coefficient (Wildman–Crippen LogP) is 9.71. The number of nitrogens with zero attached hydrogens (tertiary/aromatic N) is 2. The number of fused-ring (bicyclic) bond motifs is 6. The van der Waals surface area contributed by atoms with Gasteiger partial charge in [0.05, 0.1) is 29.0 Å². The monoisotopic (exact) mass is 646 g/mol. The van der Waals surface area contributed by atoms with Gasteiger partial charge >= 0.3 is 0 Å². The van der Waals surface area contributed by atoms with E-state index in [1.54, 1.807) is 0 Å². The van der Waals surface area contributed by atoms with Crippen molar-refractivity contribution in [2.24, 2.45) is 16.5 Å². The summed E-state index contributed by atoms with van der Waals surface area (Å²) in [5.74, 6) is 0. The topological polar surface area (TPSA) is 67.6 Å². The molecule has 0 unspecified atom stereocenters. The highest BCUT2D eigenvalue weighted by molar-refractivity contribution is 6.12. The molecule has 1 aliphatic carbocycles. The van der Waals surface area contributed by atoms with E-state index in [0.717, 1.165) is 39.5 Å². The molecular weight excluding hydrogens is 609 g/mol. The third-order valence-electron chi connectivity index (χ3n) is 9.71. The Bertz CT molecular complexity index is 2230. The van der Waals surface area contributed by atoms with Gasteiger partial charge in [-0.05, 0) is 80.9 Å². The van der Waals surface area contributed by atoms with Crippen molar-refractivity contribution in [3.63, 3.8) is 0 Å². The second kappa shape index (κ2) is 13.3. The van der Waals surface area contributed by atoms with Gasteiger partial charge in [-0.3, -0.25) is 4.99 Å². The number of nitrogens with two attached hydrogens (primary N) is 2. The Hall–Kier alpha value is -6.23. The van der Waals surface area contributed by atoms with Crippen LogP contribution >= 0.6 is 0 Å². The van der Waals surface area contributed by atoms with Crippen LogP contribution in [0.1, 0.15) is 38.9 Å². The number of benzene rings is 6. The molecule has 50 heavy (non-hydrogen) atoms. The van der Waals surface area contributed by atoms with Crippen LogP contribution in [-0.4, -0.2) is 12.3 Å². The van der Waals surface area contributed by atoms with Crippen LogP contribution in [0.2, 0.25) is 0 Å². The fourth-order valence-electron chi connectivity index (χ4n) is 7.52. The summed E-state index contributed by atoms with van der Waals surface area (Å²) in [6, 6.07) is 55.4. The first-order valence-electron chi connectivity index (χ1n) is 17.1. The van der Waals surface area contributed by atoms with Crippen molar-refractivity contribution >= 4 is 34.5 Å². The molecule has 0 aromatic heterocycles. The lowest BCUT2D eigenvalue weighted by atomic mass is 9.63. The summed E-state index contributed by atoms with van der Waals surface area (Å²) < 4.78 is 0. The summed E-state index contributed by atoms with van der Waals surface area (Å²) in [6.07, 6.45) is 8.60. The number of para-hydroxylation sites is 3. The number of hydrogen-bond acceptors (Lipinski definition) is 4. The van der Waals surface area contributed by atoms with Crippen molar-refractivity contribution in [1.29, 1.82) is 0 Å². The summed E-state index contributed by atoms with van der Waals surface area (Å²) in [5, 5.41) is 0. The molecule has 0 fully saturated rings. The minimum atomic E-state index is -0.543. The van der Waals surface area contributed by atoms with E-state index in [4.69, 9.17) is 16.5 Å². The quantitative estimate of drug-likeness (QED) is 0.162. The molecule has 0 saturated carbocycles. The number of allylic oxidation sites excluding steroid dienone is 3. The maximum absolute atomic E-state index is 6.62. The molecule has 4 nitrogen and oxygen atoms in total. The van der Waals surface area contributed by atoms with Gasteiger partial charge < -0.3 is 16.4 Å². The molecule has 6 aromatic carbocycles. The molecule has 0 amide bonds. The molecular formula is C46H38N4. The van der Waals surface area contributed by atoms with Crippen LogP contribution in [0.15, 0.2) is 187 Å². The minimum absolute atomic E-state index is 0.463. The lowest BCUT2D eigenvalue weighted by Crippen LogP contribution is -2.36.